The zero-order valence-corrected chi connectivity index (χ0v) is 13.9. The smallest absolute Gasteiger partial charge is 0.127 e. The summed E-state index contributed by atoms with van der Waals surface area (Å²) in [7, 11) is 0. The highest BCUT2D eigenvalue weighted by atomic mass is 79.9. The second-order valence-electron chi connectivity index (χ2n) is 5.37. The second-order valence-corrected chi connectivity index (χ2v) is 6.28. The van der Waals surface area contributed by atoms with Gasteiger partial charge in [-0.1, -0.05) is 28.9 Å². The van der Waals surface area contributed by atoms with Crippen LogP contribution in [0.5, 0.6) is 5.75 Å². The quantitative estimate of drug-likeness (QED) is 0.898. The molecule has 1 aromatic carbocycles. The minimum absolute atomic E-state index is 0.0517. The molecule has 0 fully saturated rings. The van der Waals surface area contributed by atoms with Crippen LogP contribution in [0.15, 0.2) is 41.0 Å². The van der Waals surface area contributed by atoms with E-state index in [0.717, 1.165) is 34.4 Å². The zero-order chi connectivity index (χ0) is 14.8. The Bertz CT molecular complexity index is 627. The maximum absolute atomic E-state index is 6.19. The number of nitrogens with one attached hydrogen (secondary N) is 1. The van der Waals surface area contributed by atoms with Crippen LogP contribution in [-0.4, -0.2) is 11.5 Å². The first-order chi connectivity index (χ1) is 10.2. The van der Waals surface area contributed by atoms with Crippen molar-refractivity contribution in [2.45, 2.75) is 32.4 Å². The number of hydrogen-bond donors (Lipinski definition) is 1. The van der Waals surface area contributed by atoms with Crippen molar-refractivity contribution in [3.63, 3.8) is 0 Å². The summed E-state index contributed by atoms with van der Waals surface area (Å²) in [5, 5.41) is 3.56. The van der Waals surface area contributed by atoms with E-state index in [9.17, 15) is 0 Å². The SMILES string of the molecule is CCNC1CC(c2ccc(C)nc2)Oc2ccc(Br)cc21. The maximum atomic E-state index is 6.19. The molecule has 1 aliphatic rings. The Labute approximate surface area is 133 Å². The van der Waals surface area contributed by atoms with Gasteiger partial charge in [-0.2, -0.15) is 0 Å². The molecule has 1 aliphatic heterocycles. The van der Waals surface area contributed by atoms with Crippen molar-refractivity contribution in [3.8, 4) is 5.75 Å². The molecule has 2 heterocycles. The molecule has 1 N–H and O–H groups in total. The summed E-state index contributed by atoms with van der Waals surface area (Å²) >= 11 is 3.54. The normalized spacial score (nSPS) is 20.7. The van der Waals surface area contributed by atoms with Crippen molar-refractivity contribution in [3.05, 3.63) is 57.8 Å². The zero-order valence-electron chi connectivity index (χ0n) is 12.3. The molecule has 2 unspecified atom stereocenters. The fourth-order valence-corrected chi connectivity index (χ4v) is 3.13. The lowest BCUT2D eigenvalue weighted by Gasteiger charge is -2.33. The number of rotatable bonds is 3. The number of fused-ring (bicyclic) bond motifs is 1. The van der Waals surface area contributed by atoms with Crippen molar-refractivity contribution in [1.29, 1.82) is 0 Å². The average molecular weight is 347 g/mol. The van der Waals surface area contributed by atoms with Gasteiger partial charge in [0.25, 0.3) is 0 Å². The van der Waals surface area contributed by atoms with Crippen LogP contribution in [0.1, 0.15) is 42.3 Å². The summed E-state index contributed by atoms with van der Waals surface area (Å²) in [5.74, 6) is 0.959. The highest BCUT2D eigenvalue weighted by Crippen LogP contribution is 2.41. The minimum atomic E-state index is 0.0517. The summed E-state index contributed by atoms with van der Waals surface area (Å²) in [5.41, 5.74) is 3.39. The van der Waals surface area contributed by atoms with Crippen molar-refractivity contribution in [2.75, 3.05) is 6.54 Å². The van der Waals surface area contributed by atoms with E-state index in [4.69, 9.17) is 4.74 Å². The Morgan fingerprint density at radius 1 is 1.33 bits per heavy atom. The maximum Gasteiger partial charge on any atom is 0.127 e. The molecule has 0 spiro atoms. The topological polar surface area (TPSA) is 34.2 Å². The molecule has 2 aromatic rings. The lowest BCUT2D eigenvalue weighted by Crippen LogP contribution is -2.29. The first-order valence-corrected chi connectivity index (χ1v) is 8.08. The van der Waals surface area contributed by atoms with Gasteiger partial charge in [-0.3, -0.25) is 4.98 Å². The van der Waals surface area contributed by atoms with Crippen LogP contribution in [0.3, 0.4) is 0 Å². The largest absolute Gasteiger partial charge is 0.485 e. The summed E-state index contributed by atoms with van der Waals surface area (Å²) < 4.78 is 7.27. The molecule has 1 aromatic heterocycles. The number of benzene rings is 1. The fraction of sp³-hybridized carbons (Fsp3) is 0.353. The molecule has 0 bridgehead atoms. The van der Waals surface area contributed by atoms with Crippen LogP contribution in [-0.2, 0) is 0 Å². The molecule has 21 heavy (non-hydrogen) atoms. The van der Waals surface area contributed by atoms with Crippen molar-refractivity contribution >= 4 is 15.9 Å². The Morgan fingerprint density at radius 2 is 2.19 bits per heavy atom. The monoisotopic (exact) mass is 346 g/mol. The molecule has 0 radical (unpaired) electrons. The third kappa shape index (κ3) is 3.11. The summed E-state index contributed by atoms with van der Waals surface area (Å²) in [4.78, 5) is 4.39. The summed E-state index contributed by atoms with van der Waals surface area (Å²) in [6.07, 6.45) is 2.89. The number of ether oxygens (including phenoxy) is 1. The predicted molar refractivity (Wildman–Crippen MR) is 87.5 cm³/mol. The van der Waals surface area contributed by atoms with Crippen LogP contribution >= 0.6 is 15.9 Å². The van der Waals surface area contributed by atoms with E-state index in [2.05, 4.69) is 45.3 Å². The van der Waals surface area contributed by atoms with E-state index in [0.29, 0.717) is 6.04 Å². The van der Waals surface area contributed by atoms with Gasteiger partial charge in [0.2, 0.25) is 0 Å². The molecule has 0 aliphatic carbocycles. The highest BCUT2D eigenvalue weighted by molar-refractivity contribution is 9.10. The van der Waals surface area contributed by atoms with Gasteiger partial charge in [-0.05, 0) is 37.7 Å². The molecule has 3 nitrogen and oxygen atoms in total. The Balaban J connectivity index is 1.93. The van der Waals surface area contributed by atoms with Crippen LogP contribution in [0.25, 0.3) is 0 Å². The van der Waals surface area contributed by atoms with E-state index in [-0.39, 0.29) is 6.10 Å². The molecule has 0 amide bonds. The summed E-state index contributed by atoms with van der Waals surface area (Å²) in [6, 6.07) is 10.7. The fourth-order valence-electron chi connectivity index (χ4n) is 2.75. The van der Waals surface area contributed by atoms with Crippen molar-refractivity contribution in [2.24, 2.45) is 0 Å². The first-order valence-electron chi connectivity index (χ1n) is 7.29. The molecule has 4 heteroatoms. The van der Waals surface area contributed by atoms with Gasteiger partial charge >= 0.3 is 0 Å². The number of aromatic nitrogens is 1. The second kappa shape index (κ2) is 6.16. The van der Waals surface area contributed by atoms with Crippen LogP contribution in [0.4, 0.5) is 0 Å². The number of aryl methyl sites for hydroxylation is 1. The van der Waals surface area contributed by atoms with E-state index in [1.54, 1.807) is 0 Å². The summed E-state index contributed by atoms with van der Waals surface area (Å²) in [6.45, 7) is 5.07. The number of pyridine rings is 1. The van der Waals surface area contributed by atoms with E-state index in [1.165, 1.54) is 5.56 Å². The van der Waals surface area contributed by atoms with Crippen LogP contribution < -0.4 is 10.1 Å². The molecule has 2 atom stereocenters. The number of halogens is 1. The van der Waals surface area contributed by atoms with Gasteiger partial charge in [0.15, 0.2) is 0 Å². The lowest BCUT2D eigenvalue weighted by molar-refractivity contribution is 0.151. The molecule has 3 rings (SSSR count). The van der Waals surface area contributed by atoms with Gasteiger partial charge in [0, 0.05) is 40.0 Å². The Hall–Kier alpha value is -1.39. The third-order valence-electron chi connectivity index (χ3n) is 3.82. The molecule has 0 saturated heterocycles. The van der Waals surface area contributed by atoms with Gasteiger partial charge in [0.1, 0.15) is 11.9 Å². The predicted octanol–water partition coefficient (Wildman–Crippen LogP) is 4.33. The van der Waals surface area contributed by atoms with Gasteiger partial charge in [-0.25, -0.2) is 0 Å². The standard InChI is InChI=1S/C17H19BrN2O/c1-3-19-15-9-17(12-5-4-11(2)20-10-12)21-16-7-6-13(18)8-14(15)16/h4-8,10,15,17,19H,3,9H2,1-2H3. The molecular weight excluding hydrogens is 328 g/mol. The van der Waals surface area contributed by atoms with Crippen molar-refractivity contribution < 1.29 is 4.74 Å². The van der Waals surface area contributed by atoms with Crippen LogP contribution in [0.2, 0.25) is 0 Å². The minimum Gasteiger partial charge on any atom is -0.485 e. The van der Waals surface area contributed by atoms with Gasteiger partial charge in [0.05, 0.1) is 0 Å². The highest BCUT2D eigenvalue weighted by Gasteiger charge is 2.29. The lowest BCUT2D eigenvalue weighted by atomic mass is 9.93. The van der Waals surface area contributed by atoms with E-state index >= 15 is 0 Å². The van der Waals surface area contributed by atoms with E-state index < -0.39 is 0 Å². The number of nitrogens with zero attached hydrogens (tertiary/aromatic N) is 1. The molecule has 0 saturated carbocycles. The first kappa shape index (κ1) is 14.5. The third-order valence-corrected chi connectivity index (χ3v) is 4.32. The Morgan fingerprint density at radius 3 is 2.90 bits per heavy atom. The Kier molecular flexibility index (Phi) is 4.27. The van der Waals surface area contributed by atoms with Crippen LogP contribution in [0, 0.1) is 6.92 Å². The molecular formula is C17H19BrN2O. The van der Waals surface area contributed by atoms with E-state index in [1.807, 2.05) is 31.3 Å². The van der Waals surface area contributed by atoms with Gasteiger partial charge in [-0.15, -0.1) is 0 Å². The number of hydrogen-bond acceptors (Lipinski definition) is 3. The van der Waals surface area contributed by atoms with Gasteiger partial charge < -0.3 is 10.1 Å². The molecule has 110 valence electrons. The average Bonchev–Trinajstić information content (AvgIpc) is 2.48. The van der Waals surface area contributed by atoms with Crippen molar-refractivity contribution in [1.82, 2.24) is 10.3 Å².